The van der Waals surface area contributed by atoms with Crippen LogP contribution in [0.1, 0.15) is 64.8 Å². The highest BCUT2D eigenvalue weighted by molar-refractivity contribution is 6.24. The summed E-state index contributed by atoms with van der Waals surface area (Å²) in [5.41, 5.74) is 7.51. The van der Waals surface area contributed by atoms with Gasteiger partial charge in [0, 0.05) is 25.0 Å². The summed E-state index contributed by atoms with van der Waals surface area (Å²) in [7, 11) is 0. The van der Waals surface area contributed by atoms with E-state index in [-0.39, 0.29) is 24.3 Å². The van der Waals surface area contributed by atoms with Gasteiger partial charge in [-0.3, -0.25) is 29.4 Å². The molecule has 8 nitrogen and oxygen atoms in total. The summed E-state index contributed by atoms with van der Waals surface area (Å²) >= 11 is 0. The van der Waals surface area contributed by atoms with Crippen LogP contribution >= 0.6 is 0 Å². The number of rotatable bonds is 5. The van der Waals surface area contributed by atoms with Gasteiger partial charge in [-0.1, -0.05) is 25.0 Å². The highest BCUT2D eigenvalue weighted by atomic mass is 16.2. The van der Waals surface area contributed by atoms with E-state index in [9.17, 15) is 19.2 Å². The number of carbonyl (C=O) groups excluding carboxylic acids is 4. The zero-order chi connectivity index (χ0) is 19.9. The van der Waals surface area contributed by atoms with Crippen LogP contribution in [-0.2, 0) is 16.1 Å². The molecule has 0 bridgehead atoms. The zero-order valence-corrected chi connectivity index (χ0v) is 15.6. The molecule has 148 valence electrons. The predicted molar refractivity (Wildman–Crippen MR) is 100 cm³/mol. The number of hydrogen-bond acceptors (Lipinski definition) is 6. The van der Waals surface area contributed by atoms with Crippen LogP contribution < -0.4 is 16.4 Å². The predicted octanol–water partition coefficient (Wildman–Crippen LogP) is 0.449. The lowest BCUT2D eigenvalue weighted by Gasteiger charge is -2.28. The van der Waals surface area contributed by atoms with Crippen molar-refractivity contribution in [3.05, 3.63) is 34.9 Å². The van der Waals surface area contributed by atoms with E-state index < -0.39 is 23.8 Å². The number of benzene rings is 1. The summed E-state index contributed by atoms with van der Waals surface area (Å²) in [4.78, 5) is 50.4. The van der Waals surface area contributed by atoms with E-state index in [1.165, 1.54) is 0 Å². The first-order valence-corrected chi connectivity index (χ1v) is 9.73. The number of nitrogens with zero attached hydrogens (tertiary/aromatic N) is 1. The van der Waals surface area contributed by atoms with Gasteiger partial charge in [0.25, 0.3) is 11.8 Å². The lowest BCUT2D eigenvalue weighted by molar-refractivity contribution is -0.136. The molecule has 0 spiro atoms. The van der Waals surface area contributed by atoms with E-state index in [4.69, 9.17) is 5.73 Å². The van der Waals surface area contributed by atoms with E-state index in [0.717, 1.165) is 30.6 Å². The first-order valence-electron chi connectivity index (χ1n) is 9.73. The van der Waals surface area contributed by atoms with Gasteiger partial charge in [-0.15, -0.1) is 0 Å². The Hall–Kier alpha value is -2.58. The number of imide groups is 2. The van der Waals surface area contributed by atoms with Crippen LogP contribution in [0.15, 0.2) is 18.2 Å². The van der Waals surface area contributed by atoms with Gasteiger partial charge >= 0.3 is 0 Å². The Morgan fingerprint density at radius 2 is 1.89 bits per heavy atom. The van der Waals surface area contributed by atoms with Crippen LogP contribution in [0.3, 0.4) is 0 Å². The summed E-state index contributed by atoms with van der Waals surface area (Å²) in [5.74, 6) is -1.94. The van der Waals surface area contributed by atoms with Crippen LogP contribution in [0.4, 0.5) is 0 Å². The SMILES string of the molecule is NC1(CNCc2cccc3c2C(=O)N(C2CCC(=O)NC2=O)C3=O)CCCC1. The molecule has 1 aliphatic carbocycles. The Morgan fingerprint density at radius 3 is 2.61 bits per heavy atom. The maximum Gasteiger partial charge on any atom is 0.262 e. The quantitative estimate of drug-likeness (QED) is 0.634. The Bertz CT molecular complexity index is 860. The van der Waals surface area contributed by atoms with Gasteiger partial charge in [0.05, 0.1) is 11.1 Å². The zero-order valence-electron chi connectivity index (χ0n) is 15.6. The van der Waals surface area contributed by atoms with Crippen molar-refractivity contribution in [2.75, 3.05) is 6.54 Å². The molecule has 2 aliphatic heterocycles. The van der Waals surface area contributed by atoms with E-state index in [1.54, 1.807) is 12.1 Å². The third-order valence-electron chi connectivity index (χ3n) is 5.95. The minimum Gasteiger partial charge on any atom is -0.324 e. The van der Waals surface area contributed by atoms with E-state index in [2.05, 4.69) is 10.6 Å². The highest BCUT2D eigenvalue weighted by Gasteiger charge is 2.45. The summed E-state index contributed by atoms with van der Waals surface area (Å²) in [5, 5.41) is 5.54. The Kier molecular flexibility index (Phi) is 4.76. The van der Waals surface area contributed by atoms with Gasteiger partial charge in [0.1, 0.15) is 6.04 Å². The van der Waals surface area contributed by atoms with Crippen LogP contribution in [0, 0.1) is 0 Å². The molecule has 4 N–H and O–H groups in total. The maximum atomic E-state index is 13.0. The van der Waals surface area contributed by atoms with Crippen molar-refractivity contribution in [1.82, 2.24) is 15.5 Å². The largest absolute Gasteiger partial charge is 0.324 e. The number of hydrogen-bond donors (Lipinski definition) is 3. The van der Waals surface area contributed by atoms with Gasteiger partial charge < -0.3 is 11.1 Å². The second kappa shape index (κ2) is 7.10. The molecule has 1 atom stereocenters. The van der Waals surface area contributed by atoms with E-state index in [0.29, 0.717) is 29.8 Å². The van der Waals surface area contributed by atoms with Crippen molar-refractivity contribution in [3.8, 4) is 0 Å². The monoisotopic (exact) mass is 384 g/mol. The average Bonchev–Trinajstić information content (AvgIpc) is 3.19. The first kappa shape index (κ1) is 18.8. The fourth-order valence-corrected chi connectivity index (χ4v) is 4.43. The average molecular weight is 384 g/mol. The Morgan fingerprint density at radius 1 is 1.14 bits per heavy atom. The van der Waals surface area contributed by atoms with Gasteiger partial charge in [-0.25, -0.2) is 0 Å². The number of carbonyl (C=O) groups is 4. The number of fused-ring (bicyclic) bond motifs is 1. The number of amides is 4. The van der Waals surface area contributed by atoms with Crippen molar-refractivity contribution in [1.29, 1.82) is 0 Å². The van der Waals surface area contributed by atoms with E-state index in [1.807, 2.05) is 6.07 Å². The molecule has 28 heavy (non-hydrogen) atoms. The summed E-state index contributed by atoms with van der Waals surface area (Å²) < 4.78 is 0. The van der Waals surface area contributed by atoms with Gasteiger partial charge in [0.2, 0.25) is 11.8 Å². The number of nitrogens with two attached hydrogens (primary N) is 1. The molecule has 0 aromatic heterocycles. The lowest BCUT2D eigenvalue weighted by atomic mass is 9.98. The summed E-state index contributed by atoms with van der Waals surface area (Å²) in [6, 6.07) is 4.20. The molecule has 2 heterocycles. The second-order valence-electron chi connectivity index (χ2n) is 7.96. The third-order valence-corrected chi connectivity index (χ3v) is 5.95. The number of piperidine rings is 1. The molecule has 0 radical (unpaired) electrons. The van der Waals surface area contributed by atoms with Crippen LogP contribution in [0.2, 0.25) is 0 Å². The summed E-state index contributed by atoms with van der Waals surface area (Å²) in [6.45, 7) is 1.07. The van der Waals surface area contributed by atoms with Crippen molar-refractivity contribution in [2.45, 2.75) is 56.7 Å². The molecule has 1 aromatic carbocycles. The minimum absolute atomic E-state index is 0.108. The van der Waals surface area contributed by atoms with Gasteiger partial charge in [0.15, 0.2) is 0 Å². The minimum atomic E-state index is -0.947. The third kappa shape index (κ3) is 3.22. The van der Waals surface area contributed by atoms with Crippen LogP contribution in [0.25, 0.3) is 0 Å². The maximum absolute atomic E-state index is 13.0. The van der Waals surface area contributed by atoms with Crippen molar-refractivity contribution in [2.24, 2.45) is 5.73 Å². The molecule has 2 fully saturated rings. The molecule has 1 aromatic rings. The van der Waals surface area contributed by atoms with Crippen molar-refractivity contribution >= 4 is 23.6 Å². The van der Waals surface area contributed by atoms with E-state index >= 15 is 0 Å². The van der Waals surface area contributed by atoms with Crippen LogP contribution in [0.5, 0.6) is 0 Å². The normalized spacial score (nSPS) is 23.9. The van der Waals surface area contributed by atoms with Gasteiger partial charge in [-0.05, 0) is 30.9 Å². The highest BCUT2D eigenvalue weighted by Crippen LogP contribution is 2.30. The smallest absolute Gasteiger partial charge is 0.262 e. The molecule has 8 heteroatoms. The van der Waals surface area contributed by atoms with Crippen LogP contribution in [-0.4, -0.2) is 46.7 Å². The fraction of sp³-hybridized carbons (Fsp3) is 0.500. The van der Waals surface area contributed by atoms with Crippen molar-refractivity contribution in [3.63, 3.8) is 0 Å². The molecule has 1 unspecified atom stereocenters. The van der Waals surface area contributed by atoms with Crippen molar-refractivity contribution < 1.29 is 19.2 Å². The molecule has 3 aliphatic rings. The molecular formula is C20H24N4O4. The Balaban J connectivity index is 1.52. The molecule has 1 saturated heterocycles. The molecular weight excluding hydrogens is 360 g/mol. The molecule has 4 amide bonds. The summed E-state index contributed by atoms with van der Waals surface area (Å²) in [6.07, 6.45) is 4.48. The lowest BCUT2D eigenvalue weighted by Crippen LogP contribution is -2.54. The topological polar surface area (TPSA) is 122 Å². The fourth-order valence-electron chi connectivity index (χ4n) is 4.43. The number of nitrogens with one attached hydrogen (secondary N) is 2. The van der Waals surface area contributed by atoms with Gasteiger partial charge in [-0.2, -0.15) is 0 Å². The molecule has 4 rings (SSSR count). The standard InChI is InChI=1S/C20H24N4O4/c21-20(8-1-2-9-20)11-22-10-12-4-3-5-13-16(12)19(28)24(18(13)27)14-6-7-15(25)23-17(14)26/h3-5,14,22H,1-2,6-11,21H2,(H,23,25,26). The Labute approximate surface area is 162 Å². The molecule has 1 saturated carbocycles. The first-order chi connectivity index (χ1) is 13.4. The second-order valence-corrected chi connectivity index (χ2v) is 7.96.